The number of carbonyl (C=O) groups is 2. The molecule has 0 saturated heterocycles. The summed E-state index contributed by atoms with van der Waals surface area (Å²) in [6.07, 6.45) is 0.701. The van der Waals surface area contributed by atoms with Crippen LogP contribution in [0, 0.1) is 11.8 Å². The molecular formula is C42H46N4O5SSi. The molecule has 0 saturated carbocycles. The second-order valence-corrected chi connectivity index (χ2v) is 21.8. The van der Waals surface area contributed by atoms with Gasteiger partial charge in [-0.25, -0.2) is 14.8 Å². The van der Waals surface area contributed by atoms with E-state index in [1.165, 1.54) is 11.3 Å². The highest BCUT2D eigenvalue weighted by Crippen LogP contribution is 2.32. The monoisotopic (exact) mass is 746 g/mol. The molecule has 3 aromatic carbocycles. The molecule has 0 fully saturated rings. The number of fused-ring (bicyclic) bond motifs is 2. The molecule has 1 amide bonds. The maximum Gasteiger partial charge on any atom is 0.358 e. The van der Waals surface area contributed by atoms with Gasteiger partial charge in [0.1, 0.15) is 30.5 Å². The number of amides is 1. The Kier molecular flexibility index (Phi) is 11.6. The lowest BCUT2D eigenvalue weighted by molar-refractivity contribution is 0.00624. The van der Waals surface area contributed by atoms with Gasteiger partial charge < -0.3 is 19.1 Å². The third-order valence-corrected chi connectivity index (χ3v) is 11.3. The minimum atomic E-state index is -1.33. The number of thiazole rings is 1. The zero-order valence-electron chi connectivity index (χ0n) is 31.3. The second kappa shape index (κ2) is 16.3. The molecule has 2 aromatic heterocycles. The van der Waals surface area contributed by atoms with E-state index < -0.39 is 19.6 Å². The van der Waals surface area contributed by atoms with Gasteiger partial charge in [0, 0.05) is 33.3 Å². The number of pyridine rings is 1. The van der Waals surface area contributed by atoms with Gasteiger partial charge in [-0.3, -0.25) is 9.69 Å². The summed E-state index contributed by atoms with van der Waals surface area (Å²) < 4.78 is 18.7. The summed E-state index contributed by atoms with van der Waals surface area (Å²) in [5.74, 6) is 6.67. The van der Waals surface area contributed by atoms with Crippen molar-refractivity contribution in [3.8, 4) is 17.6 Å². The van der Waals surface area contributed by atoms with Crippen LogP contribution in [-0.4, -0.2) is 62.0 Å². The third kappa shape index (κ3) is 9.90. The van der Waals surface area contributed by atoms with Crippen molar-refractivity contribution in [2.45, 2.75) is 65.0 Å². The summed E-state index contributed by atoms with van der Waals surface area (Å²) in [4.78, 5) is 41.5. The van der Waals surface area contributed by atoms with Crippen LogP contribution < -0.4 is 14.5 Å². The van der Waals surface area contributed by atoms with E-state index in [0.29, 0.717) is 53.9 Å². The summed E-state index contributed by atoms with van der Waals surface area (Å²) >= 11 is 1.48. The van der Waals surface area contributed by atoms with Gasteiger partial charge in [-0.2, -0.15) is 0 Å². The molecule has 1 aliphatic rings. The summed E-state index contributed by atoms with van der Waals surface area (Å²) in [5.41, 5.74) is 3.32. The zero-order valence-corrected chi connectivity index (χ0v) is 33.1. The van der Waals surface area contributed by atoms with Crippen LogP contribution >= 0.6 is 11.3 Å². The van der Waals surface area contributed by atoms with Crippen LogP contribution in [0.1, 0.15) is 58.3 Å². The van der Waals surface area contributed by atoms with Gasteiger partial charge in [0.15, 0.2) is 10.8 Å². The zero-order chi connectivity index (χ0) is 37.6. The van der Waals surface area contributed by atoms with Gasteiger partial charge in [-0.1, -0.05) is 85.3 Å². The van der Waals surface area contributed by atoms with Crippen LogP contribution in [0.5, 0.6) is 5.75 Å². The van der Waals surface area contributed by atoms with Crippen LogP contribution in [0.3, 0.4) is 0 Å². The summed E-state index contributed by atoms with van der Waals surface area (Å²) in [7, 11) is -1.33. The van der Waals surface area contributed by atoms with E-state index in [4.69, 9.17) is 24.2 Å². The summed E-state index contributed by atoms with van der Waals surface area (Å²) in [6.45, 7) is 14.3. The van der Waals surface area contributed by atoms with Crippen molar-refractivity contribution in [1.29, 1.82) is 0 Å². The molecule has 0 bridgehead atoms. The molecule has 6 rings (SSSR count). The molecule has 3 heterocycles. The first-order chi connectivity index (χ1) is 25.3. The molecule has 1 aliphatic heterocycles. The number of hydrogen-bond acceptors (Lipinski definition) is 9. The molecule has 53 heavy (non-hydrogen) atoms. The SMILES string of the molecule is CC(C)(C)OC(=O)c1nc(N2CCc3cccc(C(=O)N(COCC[Si](C)(C)C)c4nc5ccccc5s4)c3C2)ccc1C#CCOc1ccccc1. The van der Waals surface area contributed by atoms with Crippen molar-refractivity contribution in [3.05, 3.63) is 113 Å². The smallest absolute Gasteiger partial charge is 0.358 e. The predicted molar refractivity (Wildman–Crippen MR) is 215 cm³/mol. The highest BCUT2D eigenvalue weighted by Gasteiger charge is 2.29. The number of hydrogen-bond donors (Lipinski definition) is 0. The largest absolute Gasteiger partial charge is 0.481 e. The topological polar surface area (TPSA) is 94.1 Å². The van der Waals surface area contributed by atoms with Crippen molar-refractivity contribution >= 4 is 52.5 Å². The highest BCUT2D eigenvalue weighted by atomic mass is 32.1. The first-order valence-electron chi connectivity index (χ1n) is 17.9. The van der Waals surface area contributed by atoms with Crippen LogP contribution in [0.15, 0.2) is 84.9 Å². The number of aromatic nitrogens is 2. The fourth-order valence-electron chi connectivity index (χ4n) is 5.81. The lowest BCUT2D eigenvalue weighted by atomic mass is 9.94. The minimum Gasteiger partial charge on any atom is -0.481 e. The van der Waals surface area contributed by atoms with Crippen LogP contribution in [0.2, 0.25) is 25.7 Å². The molecular weight excluding hydrogens is 701 g/mol. The van der Waals surface area contributed by atoms with Gasteiger partial charge in [-0.05, 0) is 86.8 Å². The minimum absolute atomic E-state index is 0.107. The molecule has 274 valence electrons. The van der Waals surface area contributed by atoms with Crippen molar-refractivity contribution in [2.24, 2.45) is 0 Å². The molecule has 0 aliphatic carbocycles. The van der Waals surface area contributed by atoms with Gasteiger partial charge in [-0.15, -0.1) is 0 Å². The quantitative estimate of drug-likeness (QED) is 0.0436. The fourth-order valence-corrected chi connectivity index (χ4v) is 7.52. The number of para-hydroxylation sites is 2. The average molecular weight is 747 g/mol. The van der Waals surface area contributed by atoms with Crippen molar-refractivity contribution in [2.75, 3.05) is 36.3 Å². The van der Waals surface area contributed by atoms with E-state index in [2.05, 4.69) is 42.4 Å². The first-order valence-corrected chi connectivity index (χ1v) is 22.4. The second-order valence-electron chi connectivity index (χ2n) is 15.1. The Hall–Kier alpha value is -5.02. The van der Waals surface area contributed by atoms with Gasteiger partial charge in [0.05, 0.1) is 15.8 Å². The lowest BCUT2D eigenvalue weighted by Gasteiger charge is -2.32. The Morgan fingerprint density at radius 2 is 1.72 bits per heavy atom. The molecule has 0 radical (unpaired) electrons. The third-order valence-electron chi connectivity index (χ3n) is 8.55. The molecule has 5 aromatic rings. The van der Waals surface area contributed by atoms with Gasteiger partial charge in [0.2, 0.25) is 0 Å². The molecule has 9 nitrogen and oxygen atoms in total. The van der Waals surface area contributed by atoms with Crippen LogP contribution in [0.4, 0.5) is 10.9 Å². The van der Waals surface area contributed by atoms with Crippen LogP contribution in [-0.2, 0) is 22.4 Å². The fraction of sp³-hybridized carbons (Fsp3) is 0.333. The first kappa shape index (κ1) is 37.7. The summed E-state index contributed by atoms with van der Waals surface area (Å²) in [6, 6.07) is 27.9. The number of rotatable bonds is 11. The highest BCUT2D eigenvalue weighted by molar-refractivity contribution is 7.22. The molecule has 0 atom stereocenters. The standard InChI is InChI=1S/C42H46N4O5SSi/c1-42(2,3)51-40(48)38-31(15-13-25-50-32-16-8-7-9-17-32)21-22-37(44-38)45-24-23-30-14-12-18-33(34(30)28-45)39(47)46(29-49-26-27-53(4,5)6)41-43-35-19-10-11-20-36(35)52-41/h7-12,14,16-22H,23-29H2,1-6H3. The number of nitrogens with zero attached hydrogens (tertiary/aromatic N) is 4. The van der Waals surface area contributed by atoms with Crippen molar-refractivity contribution < 1.29 is 23.8 Å². The number of benzene rings is 3. The molecule has 11 heteroatoms. The Balaban J connectivity index is 1.28. The molecule has 0 spiro atoms. The molecule has 0 N–H and O–H groups in total. The van der Waals surface area contributed by atoms with Gasteiger partial charge in [0.25, 0.3) is 5.91 Å². The predicted octanol–water partition coefficient (Wildman–Crippen LogP) is 8.60. The van der Waals surface area contributed by atoms with E-state index >= 15 is 0 Å². The molecule has 0 unspecified atom stereocenters. The Bertz CT molecular complexity index is 2110. The summed E-state index contributed by atoms with van der Waals surface area (Å²) in [5, 5.41) is 0.601. The van der Waals surface area contributed by atoms with Crippen molar-refractivity contribution in [3.63, 3.8) is 0 Å². The number of carbonyl (C=O) groups excluding carboxylic acids is 2. The maximum absolute atomic E-state index is 14.6. The van der Waals surface area contributed by atoms with Gasteiger partial charge >= 0.3 is 5.97 Å². The lowest BCUT2D eigenvalue weighted by Crippen LogP contribution is -2.37. The van der Waals surface area contributed by atoms with Crippen LogP contribution in [0.25, 0.3) is 10.2 Å². The van der Waals surface area contributed by atoms with E-state index in [1.54, 1.807) is 11.0 Å². The van der Waals surface area contributed by atoms with Crippen molar-refractivity contribution in [1.82, 2.24) is 9.97 Å². The number of esters is 1. The van der Waals surface area contributed by atoms with E-state index in [-0.39, 0.29) is 24.9 Å². The van der Waals surface area contributed by atoms with E-state index in [1.807, 2.05) is 93.6 Å². The Labute approximate surface area is 316 Å². The Morgan fingerprint density at radius 1 is 0.943 bits per heavy atom. The number of ether oxygens (including phenoxy) is 3. The maximum atomic E-state index is 14.6. The average Bonchev–Trinajstić information content (AvgIpc) is 3.56. The number of anilines is 2. The van der Waals surface area contributed by atoms with E-state index in [0.717, 1.165) is 27.4 Å². The van der Waals surface area contributed by atoms with E-state index in [9.17, 15) is 9.59 Å². The Morgan fingerprint density at radius 3 is 2.47 bits per heavy atom. The normalized spacial score (nSPS) is 12.8.